The lowest BCUT2D eigenvalue weighted by molar-refractivity contribution is 0.0937. The second-order valence-corrected chi connectivity index (χ2v) is 5.03. The first kappa shape index (κ1) is 17.0. The van der Waals surface area contributed by atoms with Crippen LogP contribution in [0.5, 0.6) is 0 Å². The van der Waals surface area contributed by atoms with Crippen LogP contribution in [-0.2, 0) is 11.3 Å². The van der Waals surface area contributed by atoms with Crippen LogP contribution in [0.2, 0.25) is 0 Å². The monoisotopic (exact) mass is 298 g/mol. The average Bonchev–Trinajstić information content (AvgIpc) is 3.26. The number of hydrogen-bond donors (Lipinski definition) is 2. The highest BCUT2D eigenvalue weighted by atomic mass is 35.5. The number of nitrogens with one attached hydrogen (secondary N) is 1. The maximum atomic E-state index is 11.8. The quantitative estimate of drug-likeness (QED) is 0.723. The van der Waals surface area contributed by atoms with Gasteiger partial charge in [-0.25, -0.2) is 0 Å². The molecule has 1 aromatic rings. The Balaban J connectivity index is 0.00000200. The molecule has 0 atom stereocenters. The number of amides is 1. The van der Waals surface area contributed by atoms with Crippen LogP contribution in [0.3, 0.4) is 0 Å². The fourth-order valence-corrected chi connectivity index (χ4v) is 1.80. The summed E-state index contributed by atoms with van der Waals surface area (Å²) in [5, 5.41) is 2.89. The molecule has 1 aliphatic carbocycles. The number of benzene rings is 1. The van der Waals surface area contributed by atoms with Crippen molar-refractivity contribution in [3.8, 4) is 0 Å². The van der Waals surface area contributed by atoms with Gasteiger partial charge in [0.2, 0.25) is 0 Å². The van der Waals surface area contributed by atoms with Gasteiger partial charge in [0.25, 0.3) is 5.91 Å². The molecule has 1 amide bonds. The van der Waals surface area contributed by atoms with Crippen molar-refractivity contribution in [2.45, 2.75) is 25.8 Å². The molecule has 0 saturated heterocycles. The van der Waals surface area contributed by atoms with Crippen LogP contribution >= 0.6 is 12.4 Å². The Labute approximate surface area is 126 Å². The molecule has 20 heavy (non-hydrogen) atoms. The van der Waals surface area contributed by atoms with Crippen molar-refractivity contribution in [3.05, 3.63) is 35.4 Å². The zero-order valence-corrected chi connectivity index (χ0v) is 12.5. The zero-order chi connectivity index (χ0) is 13.5. The SMILES string of the molecule is Cl.NCc1ccc(C(=O)NCCCOCC2CC2)cc1. The summed E-state index contributed by atoms with van der Waals surface area (Å²) in [6.45, 7) is 2.76. The van der Waals surface area contributed by atoms with Gasteiger partial charge in [0.15, 0.2) is 0 Å². The summed E-state index contributed by atoms with van der Waals surface area (Å²) in [4.78, 5) is 11.8. The minimum absolute atomic E-state index is 0. The lowest BCUT2D eigenvalue weighted by Crippen LogP contribution is -2.25. The van der Waals surface area contributed by atoms with Crippen molar-refractivity contribution in [2.24, 2.45) is 11.7 Å². The van der Waals surface area contributed by atoms with Gasteiger partial charge in [0, 0.05) is 31.9 Å². The summed E-state index contributed by atoms with van der Waals surface area (Å²) in [5.74, 6) is 0.765. The molecular weight excluding hydrogens is 276 g/mol. The molecule has 0 radical (unpaired) electrons. The number of ether oxygens (including phenoxy) is 1. The number of halogens is 1. The maximum Gasteiger partial charge on any atom is 0.251 e. The van der Waals surface area contributed by atoms with Crippen LogP contribution in [-0.4, -0.2) is 25.7 Å². The Kier molecular flexibility index (Phi) is 7.59. The van der Waals surface area contributed by atoms with Crippen LogP contribution in [0.15, 0.2) is 24.3 Å². The lowest BCUT2D eigenvalue weighted by atomic mass is 10.1. The Morgan fingerprint density at radius 1 is 1.30 bits per heavy atom. The molecular formula is C15H23ClN2O2. The maximum absolute atomic E-state index is 11.8. The van der Waals surface area contributed by atoms with Crippen molar-refractivity contribution in [3.63, 3.8) is 0 Å². The van der Waals surface area contributed by atoms with Gasteiger partial charge in [-0.05, 0) is 42.9 Å². The molecule has 1 aliphatic rings. The highest BCUT2D eigenvalue weighted by Crippen LogP contribution is 2.28. The molecule has 1 saturated carbocycles. The highest BCUT2D eigenvalue weighted by molar-refractivity contribution is 5.94. The molecule has 0 aromatic heterocycles. The van der Waals surface area contributed by atoms with Crippen molar-refractivity contribution in [1.82, 2.24) is 5.32 Å². The van der Waals surface area contributed by atoms with E-state index in [0.717, 1.165) is 31.1 Å². The number of carbonyl (C=O) groups excluding carboxylic acids is 1. The van der Waals surface area contributed by atoms with Crippen molar-refractivity contribution in [1.29, 1.82) is 0 Å². The Morgan fingerprint density at radius 2 is 2.00 bits per heavy atom. The standard InChI is InChI=1S/C15H22N2O2.ClH/c16-10-12-4-6-14(7-5-12)15(18)17-8-1-9-19-11-13-2-3-13;/h4-7,13H,1-3,8-11,16H2,(H,17,18);1H. The minimum Gasteiger partial charge on any atom is -0.381 e. The first-order valence-corrected chi connectivity index (χ1v) is 6.94. The largest absolute Gasteiger partial charge is 0.381 e. The van der Waals surface area contributed by atoms with E-state index in [4.69, 9.17) is 10.5 Å². The lowest BCUT2D eigenvalue weighted by Gasteiger charge is -2.06. The smallest absolute Gasteiger partial charge is 0.251 e. The van der Waals surface area contributed by atoms with Crippen molar-refractivity contribution in [2.75, 3.05) is 19.8 Å². The number of hydrogen-bond acceptors (Lipinski definition) is 3. The molecule has 112 valence electrons. The van der Waals surface area contributed by atoms with Crippen LogP contribution in [0.4, 0.5) is 0 Å². The second-order valence-electron chi connectivity index (χ2n) is 5.03. The minimum atomic E-state index is -0.0363. The van der Waals surface area contributed by atoms with Crippen LogP contribution in [0, 0.1) is 5.92 Å². The predicted molar refractivity (Wildman–Crippen MR) is 82.1 cm³/mol. The molecule has 3 N–H and O–H groups in total. The predicted octanol–water partition coefficient (Wildman–Crippen LogP) is 2.11. The molecule has 1 fully saturated rings. The van der Waals surface area contributed by atoms with Gasteiger partial charge in [-0.1, -0.05) is 12.1 Å². The molecule has 0 unspecified atom stereocenters. The number of rotatable bonds is 8. The van der Waals surface area contributed by atoms with E-state index in [9.17, 15) is 4.79 Å². The van der Waals surface area contributed by atoms with E-state index in [1.54, 1.807) is 12.1 Å². The van der Waals surface area contributed by atoms with Crippen molar-refractivity contribution >= 4 is 18.3 Å². The van der Waals surface area contributed by atoms with E-state index in [-0.39, 0.29) is 18.3 Å². The van der Waals surface area contributed by atoms with E-state index in [1.807, 2.05) is 12.1 Å². The van der Waals surface area contributed by atoms with E-state index >= 15 is 0 Å². The fourth-order valence-electron chi connectivity index (χ4n) is 1.80. The topological polar surface area (TPSA) is 64.4 Å². The molecule has 0 bridgehead atoms. The van der Waals surface area contributed by atoms with Gasteiger partial charge in [-0.2, -0.15) is 0 Å². The Hall–Kier alpha value is -1.10. The summed E-state index contributed by atoms with van der Waals surface area (Å²) in [6, 6.07) is 7.38. The highest BCUT2D eigenvalue weighted by Gasteiger charge is 2.20. The Morgan fingerprint density at radius 3 is 2.60 bits per heavy atom. The molecule has 0 spiro atoms. The van der Waals surface area contributed by atoms with Gasteiger partial charge in [0.1, 0.15) is 0 Å². The number of carbonyl (C=O) groups is 1. The fraction of sp³-hybridized carbons (Fsp3) is 0.533. The first-order chi connectivity index (χ1) is 9.29. The first-order valence-electron chi connectivity index (χ1n) is 6.94. The van der Waals surface area contributed by atoms with Gasteiger partial charge < -0.3 is 15.8 Å². The zero-order valence-electron chi connectivity index (χ0n) is 11.6. The molecule has 2 rings (SSSR count). The summed E-state index contributed by atoms with van der Waals surface area (Å²) in [5.41, 5.74) is 7.22. The molecule has 0 heterocycles. The van der Waals surface area contributed by atoms with Crippen LogP contribution in [0.1, 0.15) is 35.2 Å². The molecule has 1 aromatic carbocycles. The summed E-state index contributed by atoms with van der Waals surface area (Å²) in [7, 11) is 0. The van der Waals surface area contributed by atoms with Gasteiger partial charge in [-0.15, -0.1) is 12.4 Å². The Bertz CT molecular complexity index is 405. The van der Waals surface area contributed by atoms with E-state index in [0.29, 0.717) is 18.7 Å². The van der Waals surface area contributed by atoms with Gasteiger partial charge >= 0.3 is 0 Å². The summed E-state index contributed by atoms with van der Waals surface area (Å²) in [6.07, 6.45) is 3.49. The van der Waals surface area contributed by atoms with Gasteiger partial charge in [-0.3, -0.25) is 4.79 Å². The summed E-state index contributed by atoms with van der Waals surface area (Å²) < 4.78 is 5.51. The van der Waals surface area contributed by atoms with E-state index in [1.165, 1.54) is 12.8 Å². The normalized spacial score (nSPS) is 13.7. The summed E-state index contributed by atoms with van der Waals surface area (Å²) >= 11 is 0. The average molecular weight is 299 g/mol. The number of nitrogens with two attached hydrogens (primary N) is 1. The third-order valence-corrected chi connectivity index (χ3v) is 3.25. The van der Waals surface area contributed by atoms with E-state index < -0.39 is 0 Å². The van der Waals surface area contributed by atoms with Crippen LogP contribution in [0.25, 0.3) is 0 Å². The van der Waals surface area contributed by atoms with E-state index in [2.05, 4.69) is 5.32 Å². The second kappa shape index (κ2) is 8.95. The molecule has 0 aliphatic heterocycles. The van der Waals surface area contributed by atoms with Crippen LogP contribution < -0.4 is 11.1 Å². The van der Waals surface area contributed by atoms with Gasteiger partial charge in [0.05, 0.1) is 0 Å². The molecule has 5 heteroatoms. The third kappa shape index (κ3) is 5.90. The van der Waals surface area contributed by atoms with Crippen molar-refractivity contribution < 1.29 is 9.53 Å². The third-order valence-electron chi connectivity index (χ3n) is 3.25. The molecule has 4 nitrogen and oxygen atoms in total.